The minimum absolute atomic E-state index is 0.867. The molecule has 3 heteroatoms. The lowest BCUT2D eigenvalue weighted by Gasteiger charge is -2.42. The summed E-state index contributed by atoms with van der Waals surface area (Å²) in [4.78, 5) is 6.91. The van der Waals surface area contributed by atoms with Crippen molar-refractivity contribution in [1.82, 2.24) is 4.98 Å². The topological polar surface area (TPSA) is 42.2 Å². The number of hydrogen-bond acceptors (Lipinski definition) is 3. The molecule has 1 aromatic heterocycles. The summed E-state index contributed by atoms with van der Waals surface area (Å²) in [6.45, 7) is 4.35. The third-order valence-electron chi connectivity index (χ3n) is 4.78. The van der Waals surface area contributed by atoms with Gasteiger partial charge in [-0.2, -0.15) is 0 Å². The Labute approximate surface area is 109 Å². The second-order valence-corrected chi connectivity index (χ2v) is 5.90. The smallest absolute Gasteiger partial charge is 0.152 e. The van der Waals surface area contributed by atoms with E-state index in [1.54, 1.807) is 0 Å². The van der Waals surface area contributed by atoms with Gasteiger partial charge in [0.25, 0.3) is 0 Å². The molecule has 18 heavy (non-hydrogen) atoms. The molecule has 0 aromatic carbocycles. The SMILES string of the molecule is Cc1ccnc(N2CCC3CCCCC3C2)c1N. The van der Waals surface area contributed by atoms with E-state index in [0.717, 1.165) is 42.0 Å². The molecule has 2 atom stereocenters. The first-order valence-corrected chi connectivity index (χ1v) is 7.21. The number of aryl methyl sites for hydroxylation is 1. The normalized spacial score (nSPS) is 27.9. The monoisotopic (exact) mass is 245 g/mol. The molecule has 2 N–H and O–H groups in total. The average Bonchev–Trinajstić information content (AvgIpc) is 2.41. The minimum atomic E-state index is 0.867. The summed E-state index contributed by atoms with van der Waals surface area (Å²) in [5, 5.41) is 0. The maximum Gasteiger partial charge on any atom is 0.152 e. The molecule has 0 bridgehead atoms. The predicted octanol–water partition coefficient (Wildman–Crippen LogP) is 2.99. The third-order valence-corrected chi connectivity index (χ3v) is 4.78. The molecule has 3 nitrogen and oxygen atoms in total. The number of anilines is 2. The van der Waals surface area contributed by atoms with Crippen molar-refractivity contribution in [2.24, 2.45) is 11.8 Å². The second-order valence-electron chi connectivity index (χ2n) is 5.90. The maximum atomic E-state index is 6.18. The van der Waals surface area contributed by atoms with Gasteiger partial charge in [0.2, 0.25) is 0 Å². The van der Waals surface area contributed by atoms with Gasteiger partial charge in [-0.15, -0.1) is 0 Å². The molecule has 1 aromatic rings. The lowest BCUT2D eigenvalue weighted by molar-refractivity contribution is 0.202. The molecule has 2 aliphatic rings. The molecular weight excluding hydrogens is 222 g/mol. The van der Waals surface area contributed by atoms with E-state index in [1.807, 2.05) is 12.3 Å². The Morgan fingerprint density at radius 3 is 2.83 bits per heavy atom. The number of nitrogen functional groups attached to an aromatic ring is 1. The number of nitrogens with zero attached hydrogens (tertiary/aromatic N) is 2. The Kier molecular flexibility index (Phi) is 3.14. The van der Waals surface area contributed by atoms with E-state index < -0.39 is 0 Å². The number of aromatic nitrogens is 1. The van der Waals surface area contributed by atoms with E-state index in [-0.39, 0.29) is 0 Å². The zero-order valence-electron chi connectivity index (χ0n) is 11.2. The molecule has 0 spiro atoms. The van der Waals surface area contributed by atoms with E-state index in [4.69, 9.17) is 5.73 Å². The van der Waals surface area contributed by atoms with Gasteiger partial charge in [-0.05, 0) is 43.2 Å². The summed E-state index contributed by atoms with van der Waals surface area (Å²) in [5.74, 6) is 2.84. The van der Waals surface area contributed by atoms with Crippen LogP contribution in [-0.4, -0.2) is 18.1 Å². The molecule has 0 amide bonds. The molecule has 1 aliphatic heterocycles. The van der Waals surface area contributed by atoms with E-state index >= 15 is 0 Å². The molecule has 0 radical (unpaired) electrons. The standard InChI is InChI=1S/C15H23N3/c1-11-6-8-17-15(14(11)16)18-9-7-12-4-2-3-5-13(12)10-18/h6,8,12-13H,2-5,7,9-10,16H2,1H3. The molecular formula is C15H23N3. The van der Waals surface area contributed by atoms with Gasteiger partial charge >= 0.3 is 0 Å². The van der Waals surface area contributed by atoms with Gasteiger partial charge in [0.05, 0.1) is 5.69 Å². The van der Waals surface area contributed by atoms with Crippen LogP contribution in [0.1, 0.15) is 37.7 Å². The van der Waals surface area contributed by atoms with E-state index in [2.05, 4.69) is 16.8 Å². The fourth-order valence-corrected chi connectivity index (χ4v) is 3.60. The van der Waals surface area contributed by atoms with Crippen LogP contribution in [-0.2, 0) is 0 Å². The van der Waals surface area contributed by atoms with Crippen molar-refractivity contribution in [3.05, 3.63) is 17.8 Å². The first-order chi connectivity index (χ1) is 8.75. The summed E-state index contributed by atoms with van der Waals surface area (Å²) in [6, 6.07) is 1.99. The fourth-order valence-electron chi connectivity index (χ4n) is 3.60. The van der Waals surface area contributed by atoms with Crippen molar-refractivity contribution in [3.8, 4) is 0 Å². The molecule has 2 unspecified atom stereocenters. The second kappa shape index (κ2) is 4.79. The summed E-state index contributed by atoms with van der Waals surface area (Å²) in [6.07, 6.45) is 8.88. The van der Waals surface area contributed by atoms with Crippen LogP contribution >= 0.6 is 0 Å². The van der Waals surface area contributed by atoms with Crippen LogP contribution < -0.4 is 10.6 Å². The number of pyridine rings is 1. The average molecular weight is 245 g/mol. The van der Waals surface area contributed by atoms with E-state index in [1.165, 1.54) is 32.1 Å². The fraction of sp³-hybridized carbons (Fsp3) is 0.667. The largest absolute Gasteiger partial charge is 0.396 e. The highest BCUT2D eigenvalue weighted by Gasteiger charge is 2.32. The molecule has 1 saturated heterocycles. The Morgan fingerprint density at radius 2 is 2.00 bits per heavy atom. The molecule has 1 saturated carbocycles. The quantitative estimate of drug-likeness (QED) is 0.827. The predicted molar refractivity (Wildman–Crippen MR) is 75.7 cm³/mol. The minimum Gasteiger partial charge on any atom is -0.396 e. The van der Waals surface area contributed by atoms with Crippen molar-refractivity contribution in [1.29, 1.82) is 0 Å². The van der Waals surface area contributed by atoms with Crippen LogP contribution in [0.15, 0.2) is 12.3 Å². The zero-order chi connectivity index (χ0) is 12.5. The van der Waals surface area contributed by atoms with Gasteiger partial charge < -0.3 is 10.6 Å². The third kappa shape index (κ3) is 2.06. The molecule has 98 valence electrons. The van der Waals surface area contributed by atoms with Crippen molar-refractivity contribution in [2.75, 3.05) is 23.7 Å². The first-order valence-electron chi connectivity index (χ1n) is 7.21. The summed E-state index contributed by atoms with van der Waals surface area (Å²) >= 11 is 0. The lowest BCUT2D eigenvalue weighted by atomic mass is 9.75. The number of rotatable bonds is 1. The highest BCUT2D eigenvalue weighted by Crippen LogP contribution is 2.38. The van der Waals surface area contributed by atoms with E-state index in [0.29, 0.717) is 0 Å². The number of piperidine rings is 1. The number of hydrogen-bond donors (Lipinski definition) is 1. The molecule has 2 heterocycles. The van der Waals surface area contributed by atoms with Crippen LogP contribution in [0.5, 0.6) is 0 Å². The van der Waals surface area contributed by atoms with Crippen LogP contribution in [0, 0.1) is 18.8 Å². The van der Waals surface area contributed by atoms with Crippen molar-refractivity contribution >= 4 is 11.5 Å². The van der Waals surface area contributed by atoms with Gasteiger partial charge in [-0.3, -0.25) is 0 Å². The van der Waals surface area contributed by atoms with Gasteiger partial charge in [-0.1, -0.05) is 19.3 Å². The lowest BCUT2D eigenvalue weighted by Crippen LogP contribution is -2.42. The van der Waals surface area contributed by atoms with Crippen molar-refractivity contribution in [3.63, 3.8) is 0 Å². The number of nitrogens with two attached hydrogens (primary N) is 1. The Hall–Kier alpha value is -1.25. The van der Waals surface area contributed by atoms with Crippen LogP contribution in [0.3, 0.4) is 0 Å². The Balaban J connectivity index is 1.79. The van der Waals surface area contributed by atoms with Gasteiger partial charge in [0, 0.05) is 19.3 Å². The maximum absolute atomic E-state index is 6.18. The first kappa shape index (κ1) is 11.8. The highest BCUT2D eigenvalue weighted by atomic mass is 15.2. The number of fused-ring (bicyclic) bond motifs is 1. The van der Waals surface area contributed by atoms with E-state index in [9.17, 15) is 0 Å². The van der Waals surface area contributed by atoms with Crippen molar-refractivity contribution in [2.45, 2.75) is 39.0 Å². The van der Waals surface area contributed by atoms with Crippen molar-refractivity contribution < 1.29 is 0 Å². The molecule has 1 aliphatic carbocycles. The molecule has 2 fully saturated rings. The zero-order valence-corrected chi connectivity index (χ0v) is 11.2. The van der Waals surface area contributed by atoms with Crippen LogP contribution in [0.4, 0.5) is 11.5 Å². The van der Waals surface area contributed by atoms with Gasteiger partial charge in [-0.25, -0.2) is 4.98 Å². The van der Waals surface area contributed by atoms with Crippen LogP contribution in [0.25, 0.3) is 0 Å². The summed E-state index contributed by atoms with van der Waals surface area (Å²) < 4.78 is 0. The summed E-state index contributed by atoms with van der Waals surface area (Å²) in [7, 11) is 0. The van der Waals surface area contributed by atoms with Crippen LogP contribution in [0.2, 0.25) is 0 Å². The highest BCUT2D eigenvalue weighted by molar-refractivity contribution is 5.66. The van der Waals surface area contributed by atoms with Gasteiger partial charge in [0.15, 0.2) is 5.82 Å². The molecule has 3 rings (SSSR count). The Morgan fingerprint density at radius 1 is 1.22 bits per heavy atom. The summed E-state index contributed by atoms with van der Waals surface area (Å²) in [5.41, 5.74) is 8.19. The Bertz CT molecular complexity index is 430. The van der Waals surface area contributed by atoms with Gasteiger partial charge in [0.1, 0.15) is 0 Å².